The summed E-state index contributed by atoms with van der Waals surface area (Å²) in [6.45, 7) is 0. The third kappa shape index (κ3) is 3.93. The highest BCUT2D eigenvalue weighted by molar-refractivity contribution is 9.10. The molecule has 0 fully saturated rings. The molecule has 3 aromatic rings. The van der Waals surface area contributed by atoms with E-state index in [1.54, 1.807) is 18.2 Å². The van der Waals surface area contributed by atoms with Crippen LogP contribution in [0.15, 0.2) is 70.2 Å². The highest BCUT2D eigenvalue weighted by Crippen LogP contribution is 2.34. The molecule has 0 unspecified atom stereocenters. The van der Waals surface area contributed by atoms with E-state index in [1.165, 1.54) is 17.8 Å². The lowest BCUT2D eigenvalue weighted by Gasteiger charge is -2.09. The standard InChI is InChI=1S/C19H12BrN3O2S/c20-16-10-17(13-6-2-1-3-7-13)22-19(15(16)11-21)26-12-14-8-4-5-9-18(14)23(24)25/h1-10H,12H2. The first kappa shape index (κ1) is 18.1. The number of halogens is 1. The molecule has 128 valence electrons. The minimum atomic E-state index is -0.398. The number of aromatic nitrogens is 1. The van der Waals surface area contributed by atoms with Crippen LogP contribution >= 0.6 is 27.7 Å². The van der Waals surface area contributed by atoms with Crippen LogP contribution in [0, 0.1) is 21.4 Å². The van der Waals surface area contributed by atoms with Crippen LogP contribution in [0.1, 0.15) is 11.1 Å². The van der Waals surface area contributed by atoms with Crippen LogP contribution in [0.5, 0.6) is 0 Å². The molecule has 1 aromatic heterocycles. The van der Waals surface area contributed by atoms with Gasteiger partial charge in [0.25, 0.3) is 5.69 Å². The number of hydrogen-bond donors (Lipinski definition) is 0. The molecule has 0 amide bonds. The van der Waals surface area contributed by atoms with Crippen molar-refractivity contribution in [3.63, 3.8) is 0 Å². The predicted octanol–water partition coefficient (Wildman–Crippen LogP) is 5.58. The first-order valence-electron chi connectivity index (χ1n) is 7.61. The second-order valence-corrected chi connectivity index (χ2v) is 7.14. The third-order valence-electron chi connectivity index (χ3n) is 3.67. The number of hydrogen-bond acceptors (Lipinski definition) is 5. The number of pyridine rings is 1. The Hall–Kier alpha value is -2.69. The van der Waals surface area contributed by atoms with Gasteiger partial charge in [-0.3, -0.25) is 10.1 Å². The van der Waals surface area contributed by atoms with Crippen molar-refractivity contribution in [1.29, 1.82) is 5.26 Å². The number of nitrogens with zero attached hydrogens (tertiary/aromatic N) is 3. The van der Waals surface area contributed by atoms with Crippen molar-refractivity contribution in [3.05, 3.63) is 86.4 Å². The number of nitriles is 1. The Bertz CT molecular complexity index is 1000. The van der Waals surface area contributed by atoms with Crippen LogP contribution < -0.4 is 0 Å². The maximum atomic E-state index is 11.2. The molecule has 0 spiro atoms. The highest BCUT2D eigenvalue weighted by atomic mass is 79.9. The number of benzene rings is 2. The second-order valence-electron chi connectivity index (χ2n) is 5.32. The smallest absolute Gasteiger partial charge is 0.258 e. The summed E-state index contributed by atoms with van der Waals surface area (Å²) >= 11 is 4.75. The summed E-state index contributed by atoms with van der Waals surface area (Å²) in [6, 6.07) is 20.2. The average Bonchev–Trinajstić information content (AvgIpc) is 2.66. The van der Waals surface area contributed by atoms with Crippen LogP contribution in [-0.4, -0.2) is 9.91 Å². The van der Waals surface area contributed by atoms with Gasteiger partial charge in [0.1, 0.15) is 11.1 Å². The van der Waals surface area contributed by atoms with Crippen LogP contribution in [0.2, 0.25) is 0 Å². The Balaban J connectivity index is 1.96. The van der Waals surface area contributed by atoms with E-state index in [0.717, 1.165) is 11.3 Å². The molecule has 0 saturated heterocycles. The lowest BCUT2D eigenvalue weighted by Crippen LogP contribution is -1.96. The molecule has 0 aliphatic rings. The fourth-order valence-corrected chi connectivity index (χ4v) is 4.04. The average molecular weight is 426 g/mol. The Labute approximate surface area is 163 Å². The summed E-state index contributed by atoms with van der Waals surface area (Å²) in [6.07, 6.45) is 0. The molecular formula is C19H12BrN3O2S. The van der Waals surface area contributed by atoms with Crippen LogP contribution in [0.4, 0.5) is 5.69 Å². The first-order valence-corrected chi connectivity index (χ1v) is 9.39. The zero-order valence-electron chi connectivity index (χ0n) is 13.4. The quantitative estimate of drug-likeness (QED) is 0.302. The van der Waals surface area contributed by atoms with Gasteiger partial charge in [-0.25, -0.2) is 4.98 Å². The van der Waals surface area contributed by atoms with Crippen LogP contribution in [0.25, 0.3) is 11.3 Å². The van der Waals surface area contributed by atoms with Gasteiger partial charge in [0, 0.05) is 27.4 Å². The summed E-state index contributed by atoms with van der Waals surface area (Å²) in [5.74, 6) is 0.351. The van der Waals surface area contributed by atoms with Crippen molar-refractivity contribution < 1.29 is 4.92 Å². The van der Waals surface area contributed by atoms with Crippen molar-refractivity contribution in [2.75, 3.05) is 0 Å². The van der Waals surface area contributed by atoms with E-state index in [-0.39, 0.29) is 5.69 Å². The molecule has 0 atom stereocenters. The van der Waals surface area contributed by atoms with E-state index in [1.807, 2.05) is 36.4 Å². The normalized spacial score (nSPS) is 10.3. The lowest BCUT2D eigenvalue weighted by atomic mass is 10.1. The Morgan fingerprint density at radius 2 is 1.85 bits per heavy atom. The van der Waals surface area contributed by atoms with Crippen molar-refractivity contribution >= 4 is 33.4 Å². The number of nitro benzene ring substituents is 1. The van der Waals surface area contributed by atoms with Gasteiger partial charge >= 0.3 is 0 Å². The fraction of sp³-hybridized carbons (Fsp3) is 0.0526. The molecule has 0 bridgehead atoms. The summed E-state index contributed by atoms with van der Waals surface area (Å²) < 4.78 is 0.652. The topological polar surface area (TPSA) is 79.8 Å². The van der Waals surface area contributed by atoms with Gasteiger partial charge in [-0.1, -0.05) is 60.3 Å². The van der Waals surface area contributed by atoms with E-state index < -0.39 is 4.92 Å². The number of para-hydroxylation sites is 1. The van der Waals surface area contributed by atoms with Crippen molar-refractivity contribution in [2.24, 2.45) is 0 Å². The molecule has 2 aromatic carbocycles. The molecule has 0 saturated carbocycles. The zero-order valence-corrected chi connectivity index (χ0v) is 15.8. The Morgan fingerprint density at radius 3 is 2.54 bits per heavy atom. The van der Waals surface area contributed by atoms with Gasteiger partial charge in [-0.05, 0) is 22.0 Å². The van der Waals surface area contributed by atoms with Gasteiger partial charge in [-0.2, -0.15) is 5.26 Å². The maximum absolute atomic E-state index is 11.2. The Kier molecular flexibility index (Phi) is 5.66. The van der Waals surface area contributed by atoms with E-state index >= 15 is 0 Å². The molecule has 0 radical (unpaired) electrons. The van der Waals surface area contributed by atoms with Gasteiger partial charge < -0.3 is 0 Å². The molecule has 0 aliphatic carbocycles. The molecule has 5 nitrogen and oxygen atoms in total. The minimum Gasteiger partial charge on any atom is -0.258 e. The largest absolute Gasteiger partial charge is 0.273 e. The van der Waals surface area contributed by atoms with E-state index in [0.29, 0.717) is 26.4 Å². The van der Waals surface area contributed by atoms with Gasteiger partial charge in [0.15, 0.2) is 0 Å². The van der Waals surface area contributed by atoms with Gasteiger partial charge in [0.05, 0.1) is 16.2 Å². The molecule has 1 heterocycles. The summed E-state index contributed by atoms with van der Waals surface area (Å²) in [7, 11) is 0. The zero-order chi connectivity index (χ0) is 18.5. The fourth-order valence-electron chi connectivity index (χ4n) is 2.41. The SMILES string of the molecule is N#Cc1c(Br)cc(-c2ccccc2)nc1SCc1ccccc1[N+](=O)[O-]. The predicted molar refractivity (Wildman–Crippen MR) is 105 cm³/mol. The lowest BCUT2D eigenvalue weighted by molar-refractivity contribution is -0.385. The van der Waals surface area contributed by atoms with Gasteiger partial charge in [-0.15, -0.1) is 0 Å². The molecule has 26 heavy (non-hydrogen) atoms. The maximum Gasteiger partial charge on any atom is 0.273 e. The van der Waals surface area contributed by atoms with Crippen LogP contribution in [-0.2, 0) is 5.75 Å². The van der Waals surface area contributed by atoms with Crippen molar-refractivity contribution in [3.8, 4) is 17.3 Å². The summed E-state index contributed by atoms with van der Waals surface area (Å²) in [5, 5.41) is 21.2. The van der Waals surface area contributed by atoms with Crippen molar-refractivity contribution in [2.45, 2.75) is 10.8 Å². The number of thioether (sulfide) groups is 1. The Morgan fingerprint density at radius 1 is 1.15 bits per heavy atom. The first-order chi connectivity index (χ1) is 12.6. The number of rotatable bonds is 5. The molecule has 0 N–H and O–H groups in total. The minimum absolute atomic E-state index is 0.0665. The highest BCUT2D eigenvalue weighted by Gasteiger charge is 2.16. The molecule has 0 aliphatic heterocycles. The number of nitro groups is 1. The third-order valence-corrected chi connectivity index (χ3v) is 5.32. The monoisotopic (exact) mass is 425 g/mol. The molecule has 3 rings (SSSR count). The second kappa shape index (κ2) is 8.13. The van der Waals surface area contributed by atoms with Gasteiger partial charge in [0.2, 0.25) is 0 Å². The van der Waals surface area contributed by atoms with Crippen LogP contribution in [0.3, 0.4) is 0 Å². The van der Waals surface area contributed by atoms with E-state index in [4.69, 9.17) is 0 Å². The molecular weight excluding hydrogens is 414 g/mol. The summed E-state index contributed by atoms with van der Waals surface area (Å²) in [5.41, 5.74) is 2.76. The molecule has 7 heteroatoms. The van der Waals surface area contributed by atoms with Crippen molar-refractivity contribution in [1.82, 2.24) is 4.98 Å². The van der Waals surface area contributed by atoms with E-state index in [9.17, 15) is 15.4 Å². The summed E-state index contributed by atoms with van der Waals surface area (Å²) in [4.78, 5) is 15.4. The van der Waals surface area contributed by atoms with E-state index in [2.05, 4.69) is 27.0 Å².